The number of ether oxygens (including phenoxy) is 1. The van der Waals surface area contributed by atoms with Gasteiger partial charge in [-0.25, -0.2) is 4.79 Å². The van der Waals surface area contributed by atoms with E-state index < -0.39 is 5.97 Å². The summed E-state index contributed by atoms with van der Waals surface area (Å²) < 4.78 is 5.49. The predicted octanol–water partition coefficient (Wildman–Crippen LogP) is 3.65. The Morgan fingerprint density at radius 3 is 2.52 bits per heavy atom. The summed E-state index contributed by atoms with van der Waals surface area (Å²) in [6.07, 6.45) is 1.57. The highest BCUT2D eigenvalue weighted by Crippen LogP contribution is 2.33. The van der Waals surface area contributed by atoms with Gasteiger partial charge in [0.15, 0.2) is 5.76 Å². The summed E-state index contributed by atoms with van der Waals surface area (Å²) in [5.41, 5.74) is 1.33. The van der Waals surface area contributed by atoms with Gasteiger partial charge >= 0.3 is 5.97 Å². The van der Waals surface area contributed by atoms with Crippen molar-refractivity contribution in [1.82, 2.24) is 0 Å². The Balaban J connectivity index is 1.92. The average Bonchev–Trinajstić information content (AvgIpc) is 2.75. The van der Waals surface area contributed by atoms with Crippen molar-refractivity contribution < 1.29 is 19.4 Å². The summed E-state index contributed by atoms with van der Waals surface area (Å²) in [6.45, 7) is 0. The monoisotopic (exact) mass is 300 g/mol. The minimum absolute atomic E-state index is 0.186. The molecule has 104 valence electrons. The van der Waals surface area contributed by atoms with E-state index in [0.717, 1.165) is 0 Å². The number of benzene rings is 2. The normalized spacial score (nSPS) is 14.9. The van der Waals surface area contributed by atoms with Crippen LogP contribution >= 0.6 is 11.6 Å². The van der Waals surface area contributed by atoms with Crippen LogP contribution in [0.15, 0.2) is 48.2 Å². The Labute approximate surface area is 125 Å². The Hall–Kier alpha value is -2.59. The number of fused-ring (bicyclic) bond motifs is 1. The molecule has 4 nitrogen and oxygen atoms in total. The van der Waals surface area contributed by atoms with Crippen molar-refractivity contribution in [2.75, 3.05) is 0 Å². The lowest BCUT2D eigenvalue weighted by Crippen LogP contribution is -1.98. The molecule has 0 unspecified atom stereocenters. The van der Waals surface area contributed by atoms with Crippen LogP contribution in [0.5, 0.6) is 5.75 Å². The Kier molecular flexibility index (Phi) is 3.23. The second-order valence-electron chi connectivity index (χ2n) is 4.51. The number of ketones is 1. The van der Waals surface area contributed by atoms with Crippen molar-refractivity contribution in [3.63, 3.8) is 0 Å². The van der Waals surface area contributed by atoms with Crippen LogP contribution in [-0.4, -0.2) is 16.9 Å². The van der Waals surface area contributed by atoms with E-state index in [1.807, 2.05) is 0 Å². The molecule has 3 rings (SSSR count). The molecule has 0 radical (unpaired) electrons. The highest BCUT2D eigenvalue weighted by Gasteiger charge is 2.27. The molecule has 0 saturated heterocycles. The van der Waals surface area contributed by atoms with E-state index in [4.69, 9.17) is 21.4 Å². The summed E-state index contributed by atoms with van der Waals surface area (Å²) in [7, 11) is 0. The fourth-order valence-corrected chi connectivity index (χ4v) is 2.20. The van der Waals surface area contributed by atoms with Crippen molar-refractivity contribution in [2.24, 2.45) is 0 Å². The molecule has 0 aromatic heterocycles. The van der Waals surface area contributed by atoms with Crippen LogP contribution < -0.4 is 4.74 Å². The molecule has 0 atom stereocenters. The van der Waals surface area contributed by atoms with Gasteiger partial charge in [0.05, 0.1) is 11.1 Å². The fourth-order valence-electron chi connectivity index (χ4n) is 2.03. The van der Waals surface area contributed by atoms with Gasteiger partial charge in [-0.1, -0.05) is 23.7 Å². The third-order valence-corrected chi connectivity index (χ3v) is 3.32. The molecule has 5 heteroatoms. The third-order valence-electron chi connectivity index (χ3n) is 3.09. The molecular weight excluding hydrogens is 292 g/mol. The SMILES string of the molecule is O=C(O)c1ccc(/C=C2\Oc3cc(Cl)ccc3C2=O)cc1. The number of aromatic carboxylic acids is 1. The quantitative estimate of drug-likeness (QED) is 0.860. The fraction of sp³-hybridized carbons (Fsp3) is 0. The number of carbonyl (C=O) groups excluding carboxylic acids is 1. The molecular formula is C16H9ClO4. The molecule has 0 fully saturated rings. The van der Waals surface area contributed by atoms with Crippen LogP contribution in [0.1, 0.15) is 26.3 Å². The van der Waals surface area contributed by atoms with Crippen LogP contribution in [0.2, 0.25) is 5.02 Å². The lowest BCUT2D eigenvalue weighted by molar-refractivity contribution is 0.0696. The van der Waals surface area contributed by atoms with Gasteiger partial charge in [-0.05, 0) is 35.9 Å². The van der Waals surface area contributed by atoms with Crippen molar-refractivity contribution in [2.45, 2.75) is 0 Å². The number of rotatable bonds is 2. The Bertz CT molecular complexity index is 775. The van der Waals surface area contributed by atoms with Gasteiger partial charge in [0.2, 0.25) is 5.78 Å². The van der Waals surface area contributed by atoms with E-state index in [1.54, 1.807) is 36.4 Å². The molecule has 21 heavy (non-hydrogen) atoms. The zero-order chi connectivity index (χ0) is 15.0. The zero-order valence-corrected chi connectivity index (χ0v) is 11.4. The summed E-state index contributed by atoms with van der Waals surface area (Å²) >= 11 is 5.86. The number of carboxylic acid groups (broad SMARTS) is 1. The number of hydrogen-bond donors (Lipinski definition) is 1. The van der Waals surface area contributed by atoms with Gasteiger partial charge in [-0.2, -0.15) is 0 Å². The smallest absolute Gasteiger partial charge is 0.335 e. The standard InChI is InChI=1S/C16H9ClO4/c17-11-5-6-12-13(8-11)21-14(15(12)18)7-9-1-3-10(4-2-9)16(19)20/h1-8H,(H,19,20)/b14-7-. The maximum Gasteiger partial charge on any atom is 0.335 e. The number of allylic oxidation sites excluding steroid dienone is 1. The second kappa shape index (κ2) is 5.07. The second-order valence-corrected chi connectivity index (χ2v) is 4.94. The molecule has 2 aromatic carbocycles. The third kappa shape index (κ3) is 2.53. The molecule has 1 aliphatic heterocycles. The van der Waals surface area contributed by atoms with Gasteiger partial charge < -0.3 is 9.84 Å². The first-order chi connectivity index (χ1) is 10.0. The molecule has 1 heterocycles. The van der Waals surface area contributed by atoms with E-state index in [1.165, 1.54) is 12.1 Å². The number of halogens is 1. The molecule has 0 spiro atoms. The molecule has 0 amide bonds. The Morgan fingerprint density at radius 2 is 1.86 bits per heavy atom. The van der Waals surface area contributed by atoms with Gasteiger partial charge in [-0.15, -0.1) is 0 Å². The van der Waals surface area contributed by atoms with Crippen LogP contribution in [0.4, 0.5) is 0 Å². The van der Waals surface area contributed by atoms with E-state index in [0.29, 0.717) is 21.9 Å². The van der Waals surface area contributed by atoms with E-state index in [2.05, 4.69) is 0 Å². The van der Waals surface area contributed by atoms with E-state index in [9.17, 15) is 9.59 Å². The highest BCUT2D eigenvalue weighted by atomic mass is 35.5. The van der Waals surface area contributed by atoms with Crippen molar-refractivity contribution in [3.05, 3.63) is 69.9 Å². The summed E-state index contributed by atoms with van der Waals surface area (Å²) in [5.74, 6) is -0.593. The summed E-state index contributed by atoms with van der Waals surface area (Å²) in [6, 6.07) is 11.0. The van der Waals surface area contributed by atoms with E-state index in [-0.39, 0.29) is 17.1 Å². The lowest BCUT2D eigenvalue weighted by Gasteiger charge is -1.99. The van der Waals surface area contributed by atoms with Gasteiger partial charge in [0.1, 0.15) is 5.75 Å². The van der Waals surface area contributed by atoms with Gasteiger partial charge in [-0.3, -0.25) is 4.79 Å². The van der Waals surface area contributed by atoms with Gasteiger partial charge in [0.25, 0.3) is 0 Å². The first kappa shape index (κ1) is 13.4. The van der Waals surface area contributed by atoms with Crippen LogP contribution in [0.3, 0.4) is 0 Å². The van der Waals surface area contributed by atoms with Crippen LogP contribution in [-0.2, 0) is 0 Å². The number of carbonyl (C=O) groups is 2. The van der Waals surface area contributed by atoms with Crippen molar-refractivity contribution in [3.8, 4) is 5.75 Å². The summed E-state index contributed by atoms with van der Waals surface area (Å²) in [4.78, 5) is 22.9. The molecule has 1 aliphatic rings. The van der Waals surface area contributed by atoms with Crippen LogP contribution in [0.25, 0.3) is 6.08 Å². The van der Waals surface area contributed by atoms with Gasteiger partial charge in [0, 0.05) is 11.1 Å². The molecule has 0 bridgehead atoms. The average molecular weight is 301 g/mol. The minimum atomic E-state index is -0.996. The van der Waals surface area contributed by atoms with E-state index >= 15 is 0 Å². The zero-order valence-electron chi connectivity index (χ0n) is 10.7. The van der Waals surface area contributed by atoms with Crippen molar-refractivity contribution in [1.29, 1.82) is 0 Å². The lowest BCUT2D eigenvalue weighted by atomic mass is 10.1. The number of Topliss-reactive ketones (excluding diaryl/α,β-unsaturated/α-hetero) is 1. The molecule has 1 N–H and O–H groups in total. The predicted molar refractivity (Wildman–Crippen MR) is 77.8 cm³/mol. The minimum Gasteiger partial charge on any atom is -0.478 e. The summed E-state index contributed by atoms with van der Waals surface area (Å²) in [5, 5.41) is 9.33. The van der Waals surface area contributed by atoms with Crippen LogP contribution in [0, 0.1) is 0 Å². The van der Waals surface area contributed by atoms with Crippen molar-refractivity contribution >= 4 is 29.4 Å². The first-order valence-corrected chi connectivity index (χ1v) is 6.49. The number of hydrogen-bond acceptors (Lipinski definition) is 3. The molecule has 0 saturated carbocycles. The topological polar surface area (TPSA) is 63.6 Å². The Morgan fingerprint density at radius 1 is 1.14 bits per heavy atom. The largest absolute Gasteiger partial charge is 0.478 e. The molecule has 0 aliphatic carbocycles. The maximum atomic E-state index is 12.2. The number of carboxylic acids is 1. The highest BCUT2D eigenvalue weighted by molar-refractivity contribution is 6.31. The first-order valence-electron chi connectivity index (χ1n) is 6.12. The molecule has 2 aromatic rings. The maximum absolute atomic E-state index is 12.2.